The number of halogens is 2. The van der Waals surface area contributed by atoms with Crippen molar-refractivity contribution in [2.24, 2.45) is 0 Å². The van der Waals surface area contributed by atoms with E-state index in [9.17, 15) is 0 Å². The molecule has 3 nitrogen and oxygen atoms in total. The minimum absolute atomic E-state index is 0.453. The molecule has 0 atom stereocenters. The molecule has 0 spiro atoms. The van der Waals surface area contributed by atoms with Crippen LogP contribution < -0.4 is 10.1 Å². The number of hydrogen-bond acceptors (Lipinski definition) is 3. The second kappa shape index (κ2) is 9.21. The molecule has 0 aliphatic carbocycles. The molecule has 0 aliphatic heterocycles. The smallest absolute Gasteiger partial charge is 0.125 e. The molecule has 19 heavy (non-hydrogen) atoms. The Balaban J connectivity index is 2.66. The zero-order valence-electron chi connectivity index (χ0n) is 11.2. The molecule has 106 valence electrons. The van der Waals surface area contributed by atoms with Gasteiger partial charge in [0.1, 0.15) is 12.4 Å². The van der Waals surface area contributed by atoms with Crippen LogP contribution in [0.4, 0.5) is 0 Å². The fourth-order valence-corrected chi connectivity index (χ4v) is 1.75. The van der Waals surface area contributed by atoms with E-state index in [0.717, 1.165) is 23.4 Å². The minimum atomic E-state index is 0.453. The van der Waals surface area contributed by atoms with E-state index in [1.165, 1.54) is 5.54 Å². The van der Waals surface area contributed by atoms with Crippen LogP contribution in [0.1, 0.15) is 12.5 Å². The number of ether oxygens (including phenoxy) is 2. The standard InChI is InChI=1S/C14H19Cl2NO2/c1-11(8-15)10-19-14-5-3-4-13(16)12(14)9-17-6-7-18-2/h3-5,8,17H,6-7,9-10H2,1-2H3/b11-8+. The molecule has 0 aromatic heterocycles. The summed E-state index contributed by atoms with van der Waals surface area (Å²) < 4.78 is 10.7. The van der Waals surface area contributed by atoms with Crippen molar-refractivity contribution in [2.75, 3.05) is 26.9 Å². The van der Waals surface area contributed by atoms with Crippen molar-refractivity contribution in [1.82, 2.24) is 5.32 Å². The molecule has 0 radical (unpaired) electrons. The maximum atomic E-state index is 6.20. The molecular weight excluding hydrogens is 285 g/mol. The quantitative estimate of drug-likeness (QED) is 0.744. The van der Waals surface area contributed by atoms with Gasteiger partial charge in [-0.05, 0) is 24.6 Å². The highest BCUT2D eigenvalue weighted by molar-refractivity contribution is 6.31. The van der Waals surface area contributed by atoms with Crippen LogP contribution in [0.3, 0.4) is 0 Å². The Morgan fingerprint density at radius 1 is 1.42 bits per heavy atom. The van der Waals surface area contributed by atoms with Crippen molar-refractivity contribution in [2.45, 2.75) is 13.5 Å². The summed E-state index contributed by atoms with van der Waals surface area (Å²) in [6.07, 6.45) is 0. The first kappa shape index (κ1) is 16.3. The SMILES string of the molecule is COCCNCc1c(Cl)cccc1OC/C(C)=C/Cl. The van der Waals surface area contributed by atoms with E-state index in [2.05, 4.69) is 5.32 Å². The van der Waals surface area contributed by atoms with Gasteiger partial charge in [-0.2, -0.15) is 0 Å². The van der Waals surface area contributed by atoms with Crippen molar-refractivity contribution in [3.8, 4) is 5.75 Å². The summed E-state index contributed by atoms with van der Waals surface area (Å²) >= 11 is 11.8. The van der Waals surface area contributed by atoms with Crippen LogP contribution in [0.2, 0.25) is 5.02 Å². The molecule has 0 amide bonds. The maximum absolute atomic E-state index is 6.20. The predicted octanol–water partition coefficient (Wildman–Crippen LogP) is 3.60. The molecule has 1 N–H and O–H groups in total. The van der Waals surface area contributed by atoms with Crippen molar-refractivity contribution in [1.29, 1.82) is 0 Å². The van der Waals surface area contributed by atoms with E-state index in [-0.39, 0.29) is 0 Å². The van der Waals surface area contributed by atoms with Gasteiger partial charge in [-0.3, -0.25) is 0 Å². The van der Waals surface area contributed by atoms with Gasteiger partial charge >= 0.3 is 0 Å². The maximum Gasteiger partial charge on any atom is 0.125 e. The van der Waals surface area contributed by atoms with Gasteiger partial charge in [-0.25, -0.2) is 0 Å². The predicted molar refractivity (Wildman–Crippen MR) is 80.1 cm³/mol. The first-order chi connectivity index (χ1) is 9.19. The van der Waals surface area contributed by atoms with Crippen LogP contribution >= 0.6 is 23.2 Å². The van der Waals surface area contributed by atoms with Crippen molar-refractivity contribution >= 4 is 23.2 Å². The van der Waals surface area contributed by atoms with Gasteiger partial charge in [0.15, 0.2) is 0 Å². The van der Waals surface area contributed by atoms with Gasteiger partial charge in [0, 0.05) is 36.3 Å². The van der Waals surface area contributed by atoms with E-state index < -0.39 is 0 Å². The Morgan fingerprint density at radius 2 is 2.21 bits per heavy atom. The molecule has 1 aromatic rings. The molecule has 0 saturated heterocycles. The Bertz CT molecular complexity index is 422. The fraction of sp³-hybridized carbons (Fsp3) is 0.429. The molecule has 1 rings (SSSR count). The molecule has 5 heteroatoms. The lowest BCUT2D eigenvalue weighted by atomic mass is 10.2. The van der Waals surface area contributed by atoms with Gasteiger partial charge in [-0.1, -0.05) is 29.3 Å². The highest BCUT2D eigenvalue weighted by Crippen LogP contribution is 2.26. The monoisotopic (exact) mass is 303 g/mol. The molecule has 0 saturated carbocycles. The van der Waals surface area contributed by atoms with Gasteiger partial charge in [0.05, 0.1) is 6.61 Å². The second-order valence-corrected chi connectivity index (χ2v) is 4.76. The fourth-order valence-electron chi connectivity index (χ4n) is 1.46. The summed E-state index contributed by atoms with van der Waals surface area (Å²) in [5.41, 5.74) is 3.42. The molecule has 0 fully saturated rings. The van der Waals surface area contributed by atoms with Crippen LogP contribution in [-0.2, 0) is 11.3 Å². The normalized spacial score (nSPS) is 11.7. The lowest BCUT2D eigenvalue weighted by Crippen LogP contribution is -2.19. The summed E-state index contributed by atoms with van der Waals surface area (Å²) in [4.78, 5) is 0. The van der Waals surface area contributed by atoms with Crippen LogP contribution in [0.25, 0.3) is 0 Å². The number of benzene rings is 1. The molecule has 0 unspecified atom stereocenters. The first-order valence-corrected chi connectivity index (χ1v) is 6.86. The van der Waals surface area contributed by atoms with Gasteiger partial charge < -0.3 is 14.8 Å². The third-order valence-corrected chi connectivity index (χ3v) is 3.23. The lowest BCUT2D eigenvalue weighted by molar-refractivity contribution is 0.199. The summed E-state index contributed by atoms with van der Waals surface area (Å²) in [5.74, 6) is 0.773. The van der Waals surface area contributed by atoms with E-state index in [1.54, 1.807) is 7.11 Å². The van der Waals surface area contributed by atoms with Crippen LogP contribution in [-0.4, -0.2) is 26.9 Å². The molecular formula is C14H19Cl2NO2. The topological polar surface area (TPSA) is 30.5 Å². The summed E-state index contributed by atoms with van der Waals surface area (Å²) in [5, 5.41) is 3.95. The third kappa shape index (κ3) is 5.83. The van der Waals surface area contributed by atoms with Gasteiger partial charge in [-0.15, -0.1) is 0 Å². The molecule has 1 aromatic carbocycles. The first-order valence-electron chi connectivity index (χ1n) is 6.04. The lowest BCUT2D eigenvalue weighted by Gasteiger charge is -2.13. The Kier molecular flexibility index (Phi) is 7.91. The van der Waals surface area contributed by atoms with E-state index in [0.29, 0.717) is 24.8 Å². The molecule has 0 aliphatic rings. The number of hydrogen-bond donors (Lipinski definition) is 1. The Hall–Kier alpha value is -0.740. The average Bonchev–Trinajstić information content (AvgIpc) is 2.42. The van der Waals surface area contributed by atoms with Crippen molar-refractivity contribution in [3.05, 3.63) is 39.9 Å². The minimum Gasteiger partial charge on any atom is -0.489 e. The van der Waals surface area contributed by atoms with E-state index in [1.807, 2.05) is 25.1 Å². The Labute approximate surface area is 124 Å². The van der Waals surface area contributed by atoms with Gasteiger partial charge in [0.2, 0.25) is 0 Å². The Morgan fingerprint density at radius 3 is 2.89 bits per heavy atom. The number of rotatable bonds is 8. The summed E-state index contributed by atoms with van der Waals surface area (Å²) in [6.45, 7) is 4.43. The van der Waals surface area contributed by atoms with E-state index in [4.69, 9.17) is 32.7 Å². The van der Waals surface area contributed by atoms with Crippen LogP contribution in [0.5, 0.6) is 5.75 Å². The van der Waals surface area contributed by atoms with Crippen LogP contribution in [0.15, 0.2) is 29.3 Å². The largest absolute Gasteiger partial charge is 0.489 e. The van der Waals surface area contributed by atoms with Crippen LogP contribution in [0, 0.1) is 0 Å². The second-order valence-electron chi connectivity index (χ2n) is 4.13. The third-order valence-electron chi connectivity index (χ3n) is 2.50. The average molecular weight is 304 g/mol. The number of methoxy groups -OCH3 is 1. The summed E-state index contributed by atoms with van der Waals surface area (Å²) in [7, 11) is 1.67. The molecule has 0 bridgehead atoms. The number of nitrogens with one attached hydrogen (secondary N) is 1. The van der Waals surface area contributed by atoms with Gasteiger partial charge in [0.25, 0.3) is 0 Å². The summed E-state index contributed by atoms with van der Waals surface area (Å²) in [6, 6.07) is 5.63. The highest BCUT2D eigenvalue weighted by Gasteiger charge is 2.08. The van der Waals surface area contributed by atoms with Crippen molar-refractivity contribution in [3.63, 3.8) is 0 Å². The van der Waals surface area contributed by atoms with E-state index >= 15 is 0 Å². The zero-order valence-corrected chi connectivity index (χ0v) is 12.7. The van der Waals surface area contributed by atoms with Crippen molar-refractivity contribution < 1.29 is 9.47 Å². The zero-order chi connectivity index (χ0) is 14.1. The molecule has 0 heterocycles. The highest BCUT2D eigenvalue weighted by atomic mass is 35.5.